The summed E-state index contributed by atoms with van der Waals surface area (Å²) in [4.78, 5) is 21.1. The molecule has 3 rings (SSSR count). The van der Waals surface area contributed by atoms with Crippen LogP contribution in [0.15, 0.2) is 18.3 Å². The molecule has 0 saturated carbocycles. The number of nitrogens with one attached hydrogen (secondary N) is 1. The summed E-state index contributed by atoms with van der Waals surface area (Å²) in [7, 11) is 1.77. The highest BCUT2D eigenvalue weighted by atomic mass is 16.2. The zero-order valence-electron chi connectivity index (χ0n) is 15.8. The van der Waals surface area contributed by atoms with E-state index in [4.69, 9.17) is 0 Å². The van der Waals surface area contributed by atoms with E-state index < -0.39 is 0 Å². The van der Waals surface area contributed by atoms with Gasteiger partial charge in [-0.15, -0.1) is 5.10 Å². The lowest BCUT2D eigenvalue weighted by atomic mass is 10.2. The molecule has 2 aromatic heterocycles. The first-order valence-corrected chi connectivity index (χ1v) is 9.04. The molecule has 1 N–H and O–H groups in total. The fourth-order valence-corrected chi connectivity index (χ4v) is 3.20. The van der Waals surface area contributed by atoms with Crippen LogP contribution < -0.4 is 5.32 Å². The summed E-state index contributed by atoms with van der Waals surface area (Å²) in [5.74, 6) is -0.139. The molecule has 1 fully saturated rings. The van der Waals surface area contributed by atoms with Gasteiger partial charge in [-0.05, 0) is 31.5 Å². The first-order chi connectivity index (χ1) is 12.5. The van der Waals surface area contributed by atoms with E-state index in [2.05, 4.69) is 25.5 Å². The Bertz CT molecular complexity index is 731. The van der Waals surface area contributed by atoms with Gasteiger partial charge >= 0.3 is 0 Å². The van der Waals surface area contributed by atoms with Gasteiger partial charge in [0.1, 0.15) is 0 Å². The van der Waals surface area contributed by atoms with Crippen molar-refractivity contribution in [3.63, 3.8) is 0 Å². The number of amides is 1. The standard InChI is InChI=1S/C18H27N7O/c1-14-10-15(2)20-16(11-14)12-23(3)18(26)17-13-25(22-21-17)9-8-24-6-4-19-5-7-24/h10-11,13,19H,4-9,12H2,1-3H3. The highest BCUT2D eigenvalue weighted by molar-refractivity contribution is 5.91. The molecule has 0 radical (unpaired) electrons. The van der Waals surface area contributed by atoms with Crippen molar-refractivity contribution in [1.82, 2.24) is 35.1 Å². The zero-order valence-corrected chi connectivity index (χ0v) is 15.8. The van der Waals surface area contributed by atoms with Crippen molar-refractivity contribution in [2.45, 2.75) is 26.9 Å². The number of rotatable bonds is 6. The molecule has 2 aromatic rings. The van der Waals surface area contributed by atoms with Gasteiger partial charge in [-0.25, -0.2) is 0 Å². The van der Waals surface area contributed by atoms with Crippen molar-refractivity contribution >= 4 is 5.91 Å². The molecular formula is C18H27N7O. The summed E-state index contributed by atoms with van der Waals surface area (Å²) >= 11 is 0. The van der Waals surface area contributed by atoms with Crippen LogP contribution in [0.25, 0.3) is 0 Å². The van der Waals surface area contributed by atoms with Gasteiger partial charge in [-0.1, -0.05) is 5.21 Å². The Morgan fingerprint density at radius 3 is 2.73 bits per heavy atom. The van der Waals surface area contributed by atoms with Crippen LogP contribution in [-0.4, -0.2) is 75.5 Å². The van der Waals surface area contributed by atoms with E-state index in [1.165, 1.54) is 0 Å². The molecule has 8 nitrogen and oxygen atoms in total. The van der Waals surface area contributed by atoms with Crippen LogP contribution in [0.5, 0.6) is 0 Å². The number of hydrogen-bond donors (Lipinski definition) is 1. The van der Waals surface area contributed by atoms with E-state index in [0.29, 0.717) is 12.2 Å². The molecular weight excluding hydrogens is 330 g/mol. The smallest absolute Gasteiger partial charge is 0.276 e. The summed E-state index contributed by atoms with van der Waals surface area (Å²) in [6, 6.07) is 4.02. The van der Waals surface area contributed by atoms with E-state index in [9.17, 15) is 4.79 Å². The van der Waals surface area contributed by atoms with Crippen LogP contribution in [0.2, 0.25) is 0 Å². The van der Waals surface area contributed by atoms with Gasteiger partial charge < -0.3 is 10.2 Å². The van der Waals surface area contributed by atoms with Crippen LogP contribution in [0.1, 0.15) is 27.4 Å². The lowest BCUT2D eigenvalue weighted by Crippen LogP contribution is -2.44. The molecule has 1 aliphatic heterocycles. The molecule has 1 aliphatic rings. The number of nitrogens with zero attached hydrogens (tertiary/aromatic N) is 6. The second-order valence-electron chi connectivity index (χ2n) is 6.90. The number of aromatic nitrogens is 4. The van der Waals surface area contributed by atoms with Crippen LogP contribution >= 0.6 is 0 Å². The molecule has 26 heavy (non-hydrogen) atoms. The van der Waals surface area contributed by atoms with Gasteiger partial charge in [0, 0.05) is 45.5 Å². The van der Waals surface area contributed by atoms with Crippen molar-refractivity contribution in [3.8, 4) is 0 Å². The lowest BCUT2D eigenvalue weighted by molar-refractivity contribution is 0.0777. The van der Waals surface area contributed by atoms with Gasteiger partial charge in [-0.3, -0.25) is 19.4 Å². The zero-order chi connectivity index (χ0) is 18.5. The van der Waals surface area contributed by atoms with Crippen molar-refractivity contribution in [3.05, 3.63) is 41.0 Å². The van der Waals surface area contributed by atoms with E-state index in [0.717, 1.165) is 56.2 Å². The minimum atomic E-state index is -0.139. The summed E-state index contributed by atoms with van der Waals surface area (Å²) in [6.07, 6.45) is 1.73. The highest BCUT2D eigenvalue weighted by Crippen LogP contribution is 2.09. The van der Waals surface area contributed by atoms with Crippen LogP contribution in [0.3, 0.4) is 0 Å². The number of aryl methyl sites for hydroxylation is 2. The van der Waals surface area contributed by atoms with E-state index in [-0.39, 0.29) is 5.91 Å². The van der Waals surface area contributed by atoms with Crippen molar-refractivity contribution in [1.29, 1.82) is 0 Å². The maximum atomic E-state index is 12.6. The van der Waals surface area contributed by atoms with E-state index in [1.54, 1.807) is 22.8 Å². The van der Waals surface area contributed by atoms with Gasteiger partial charge in [0.2, 0.25) is 0 Å². The Morgan fingerprint density at radius 2 is 2.00 bits per heavy atom. The summed E-state index contributed by atoms with van der Waals surface area (Å²) in [5.41, 5.74) is 3.36. The molecule has 0 unspecified atom stereocenters. The maximum Gasteiger partial charge on any atom is 0.276 e. The normalized spacial score (nSPS) is 15.2. The molecule has 0 aromatic carbocycles. The topological polar surface area (TPSA) is 79.2 Å². The predicted octanol–water partition coefficient (Wildman–Crippen LogP) is 0.467. The molecule has 1 saturated heterocycles. The van der Waals surface area contributed by atoms with Crippen LogP contribution in [-0.2, 0) is 13.1 Å². The largest absolute Gasteiger partial charge is 0.334 e. The first kappa shape index (κ1) is 18.5. The van der Waals surface area contributed by atoms with E-state index in [1.807, 2.05) is 26.0 Å². The molecule has 0 atom stereocenters. The van der Waals surface area contributed by atoms with E-state index >= 15 is 0 Å². The van der Waals surface area contributed by atoms with Gasteiger partial charge in [0.25, 0.3) is 5.91 Å². The number of carbonyl (C=O) groups excluding carboxylic acids is 1. The SMILES string of the molecule is Cc1cc(C)nc(CN(C)C(=O)c2cn(CCN3CCNCC3)nn2)c1. The second kappa shape index (κ2) is 8.37. The Kier molecular flexibility index (Phi) is 5.95. The Balaban J connectivity index is 1.56. The molecule has 140 valence electrons. The average Bonchev–Trinajstić information content (AvgIpc) is 3.08. The Labute approximate surface area is 154 Å². The Morgan fingerprint density at radius 1 is 1.23 bits per heavy atom. The number of piperazine rings is 1. The number of carbonyl (C=O) groups is 1. The van der Waals surface area contributed by atoms with Crippen molar-refractivity contribution in [2.24, 2.45) is 0 Å². The third-order valence-electron chi connectivity index (χ3n) is 4.51. The minimum Gasteiger partial charge on any atom is -0.334 e. The minimum absolute atomic E-state index is 0.139. The number of hydrogen-bond acceptors (Lipinski definition) is 6. The van der Waals surface area contributed by atoms with Gasteiger partial charge in [-0.2, -0.15) is 0 Å². The lowest BCUT2D eigenvalue weighted by Gasteiger charge is -2.26. The van der Waals surface area contributed by atoms with Gasteiger partial charge in [0.05, 0.1) is 25.0 Å². The number of pyridine rings is 1. The molecule has 1 amide bonds. The monoisotopic (exact) mass is 357 g/mol. The highest BCUT2D eigenvalue weighted by Gasteiger charge is 2.17. The van der Waals surface area contributed by atoms with Gasteiger partial charge in [0.15, 0.2) is 5.69 Å². The quantitative estimate of drug-likeness (QED) is 0.810. The van der Waals surface area contributed by atoms with Crippen molar-refractivity contribution < 1.29 is 4.79 Å². The molecule has 3 heterocycles. The average molecular weight is 357 g/mol. The van der Waals surface area contributed by atoms with Crippen LogP contribution in [0.4, 0.5) is 0 Å². The third kappa shape index (κ3) is 4.86. The Hall–Kier alpha value is -2.32. The molecule has 0 spiro atoms. The summed E-state index contributed by atoms with van der Waals surface area (Å²) in [6.45, 7) is 10.2. The first-order valence-electron chi connectivity index (χ1n) is 9.04. The molecule has 0 aliphatic carbocycles. The van der Waals surface area contributed by atoms with Crippen LogP contribution in [0, 0.1) is 13.8 Å². The molecule has 0 bridgehead atoms. The van der Waals surface area contributed by atoms with Crippen molar-refractivity contribution in [2.75, 3.05) is 39.8 Å². The maximum absolute atomic E-state index is 12.6. The fraction of sp³-hybridized carbons (Fsp3) is 0.556. The predicted molar refractivity (Wildman–Crippen MR) is 98.8 cm³/mol. The summed E-state index contributed by atoms with van der Waals surface area (Å²) in [5, 5.41) is 11.5. The second-order valence-corrected chi connectivity index (χ2v) is 6.90. The summed E-state index contributed by atoms with van der Waals surface area (Å²) < 4.78 is 1.75. The molecule has 8 heteroatoms. The third-order valence-corrected chi connectivity index (χ3v) is 4.51. The fourth-order valence-electron chi connectivity index (χ4n) is 3.20.